The summed E-state index contributed by atoms with van der Waals surface area (Å²) in [6, 6.07) is 21.1. The van der Waals surface area contributed by atoms with Crippen molar-refractivity contribution >= 4 is 18.5 Å². The first-order chi connectivity index (χ1) is 16.7. The van der Waals surface area contributed by atoms with Crippen molar-refractivity contribution in [1.82, 2.24) is 19.9 Å². The molecule has 0 spiro atoms. The Hall–Kier alpha value is -3.70. The monoisotopic (exact) mass is 474 g/mol. The summed E-state index contributed by atoms with van der Waals surface area (Å²) in [6.45, 7) is 12.9. The van der Waals surface area contributed by atoms with Crippen molar-refractivity contribution in [3.8, 4) is 22.5 Å². The molecule has 0 aromatic carbocycles. The molecule has 5 heteroatoms. The molecule has 4 nitrogen and oxygen atoms in total. The van der Waals surface area contributed by atoms with Gasteiger partial charge in [-0.2, -0.15) is 0 Å². The first-order valence-electron chi connectivity index (χ1n) is 12.0. The second-order valence-electron chi connectivity index (χ2n) is 9.88. The van der Waals surface area contributed by atoms with E-state index >= 15 is 0 Å². The van der Waals surface area contributed by atoms with Crippen LogP contribution in [0.15, 0.2) is 72.8 Å². The van der Waals surface area contributed by atoms with Crippen molar-refractivity contribution < 1.29 is 0 Å². The first kappa shape index (κ1) is 23.1. The molecule has 0 saturated carbocycles. The van der Waals surface area contributed by atoms with Crippen molar-refractivity contribution in [2.45, 2.75) is 40.8 Å². The molecule has 4 aromatic heterocycles. The average molecular weight is 475 g/mol. The van der Waals surface area contributed by atoms with Crippen LogP contribution in [0.4, 0.5) is 0 Å². The van der Waals surface area contributed by atoms with E-state index in [-0.39, 0.29) is 0 Å². The van der Waals surface area contributed by atoms with Crippen LogP contribution in [0.2, 0.25) is 13.1 Å². The minimum absolute atomic E-state index is 0.985. The van der Waals surface area contributed by atoms with Gasteiger partial charge in [0.1, 0.15) is 8.07 Å². The lowest BCUT2D eigenvalue weighted by molar-refractivity contribution is 1.12. The normalized spacial score (nSPS) is 14.6. The quantitative estimate of drug-likeness (QED) is 0.296. The van der Waals surface area contributed by atoms with Crippen molar-refractivity contribution in [3.63, 3.8) is 0 Å². The topological polar surface area (TPSA) is 51.6 Å². The zero-order valence-corrected chi connectivity index (χ0v) is 22.2. The Kier molecular flexibility index (Phi) is 5.81. The zero-order valence-electron chi connectivity index (χ0n) is 21.2. The second kappa shape index (κ2) is 8.82. The van der Waals surface area contributed by atoms with E-state index in [1.165, 1.54) is 10.4 Å². The zero-order chi connectivity index (χ0) is 24.7. The minimum Gasteiger partial charge on any atom is -0.258 e. The van der Waals surface area contributed by atoms with Gasteiger partial charge in [0, 0.05) is 33.9 Å². The lowest BCUT2D eigenvalue weighted by atomic mass is 10.1. The van der Waals surface area contributed by atoms with E-state index in [2.05, 4.69) is 95.9 Å². The van der Waals surface area contributed by atoms with Gasteiger partial charge in [0.05, 0.1) is 22.8 Å². The third kappa shape index (κ3) is 4.52. The highest BCUT2D eigenvalue weighted by molar-refractivity contribution is 7.09. The molecule has 0 saturated heterocycles. The summed E-state index contributed by atoms with van der Waals surface area (Å²) >= 11 is 0. The van der Waals surface area contributed by atoms with E-state index < -0.39 is 8.07 Å². The molecule has 0 fully saturated rings. The maximum absolute atomic E-state index is 5.09. The van der Waals surface area contributed by atoms with E-state index in [0.29, 0.717) is 0 Å². The number of rotatable bonds is 4. The van der Waals surface area contributed by atoms with Crippen LogP contribution < -0.4 is 0 Å². The molecule has 1 aliphatic heterocycles. The highest BCUT2D eigenvalue weighted by Gasteiger charge is 2.37. The van der Waals surface area contributed by atoms with E-state index in [4.69, 9.17) is 9.97 Å². The highest BCUT2D eigenvalue weighted by atomic mass is 28.3. The van der Waals surface area contributed by atoms with Crippen LogP contribution in [-0.2, 0) is 0 Å². The summed E-state index contributed by atoms with van der Waals surface area (Å²) in [5, 5.41) is 2.67. The Bertz CT molecular complexity index is 1360. The third-order valence-corrected chi connectivity index (χ3v) is 10.1. The van der Waals surface area contributed by atoms with Crippen molar-refractivity contribution in [2.24, 2.45) is 0 Å². The molecule has 0 atom stereocenters. The predicted octanol–water partition coefficient (Wildman–Crippen LogP) is 7.10. The molecular formula is C30H30N4Si. The highest BCUT2D eigenvalue weighted by Crippen LogP contribution is 2.41. The molecule has 5 rings (SSSR count). The minimum atomic E-state index is -2.00. The van der Waals surface area contributed by atoms with Crippen LogP contribution in [-0.4, -0.2) is 28.0 Å². The fourth-order valence-corrected chi connectivity index (χ4v) is 7.84. The summed E-state index contributed by atoms with van der Waals surface area (Å²) in [5.41, 5.74) is 10.3. The molecule has 4 aromatic rings. The Labute approximate surface area is 208 Å². The standard InChI is InChI=1S/C30H30N4Si/c1-19-15-23(16-20(2)31-19)25-9-7-11-27(33-25)29-13-14-30(35(29,5)6)28-12-8-10-26(34-28)24-17-21(3)32-22(4)18-24/h7-18H,1-6H3. The molecule has 35 heavy (non-hydrogen) atoms. The van der Waals surface area contributed by atoms with Crippen LogP contribution in [0.5, 0.6) is 0 Å². The number of hydrogen-bond acceptors (Lipinski definition) is 4. The summed E-state index contributed by atoms with van der Waals surface area (Å²) in [4.78, 5) is 19.2. The smallest absolute Gasteiger partial charge is 0.117 e. The maximum Gasteiger partial charge on any atom is 0.117 e. The second-order valence-corrected chi connectivity index (χ2v) is 14.2. The Morgan fingerprint density at radius 1 is 0.486 bits per heavy atom. The molecular weight excluding hydrogens is 444 g/mol. The Morgan fingerprint density at radius 2 is 0.829 bits per heavy atom. The molecule has 0 amide bonds. The van der Waals surface area contributed by atoms with Crippen molar-refractivity contribution in [2.75, 3.05) is 0 Å². The number of aromatic nitrogens is 4. The Balaban J connectivity index is 1.48. The number of pyridine rings is 4. The van der Waals surface area contributed by atoms with Gasteiger partial charge in [-0.25, -0.2) is 9.97 Å². The molecule has 1 aliphatic rings. The number of nitrogens with zero attached hydrogens (tertiary/aromatic N) is 4. The van der Waals surface area contributed by atoms with Gasteiger partial charge in [0.2, 0.25) is 0 Å². The van der Waals surface area contributed by atoms with Crippen LogP contribution in [0.3, 0.4) is 0 Å². The summed E-state index contributed by atoms with van der Waals surface area (Å²) in [5.74, 6) is 0. The first-order valence-corrected chi connectivity index (χ1v) is 15.0. The molecule has 0 bridgehead atoms. The largest absolute Gasteiger partial charge is 0.258 e. The fraction of sp³-hybridized carbons (Fsp3) is 0.200. The third-order valence-electron chi connectivity index (χ3n) is 6.57. The maximum atomic E-state index is 5.09. The SMILES string of the molecule is Cc1cc(-c2cccc(C3=CC=C(c4cccc(-c5cc(C)nc(C)c5)n4)[Si]3(C)C)n2)cc(C)n1. The molecule has 0 aliphatic carbocycles. The van der Waals surface area contributed by atoms with E-state index in [1.807, 2.05) is 27.7 Å². The predicted molar refractivity (Wildman–Crippen MR) is 147 cm³/mol. The van der Waals surface area contributed by atoms with Gasteiger partial charge in [-0.15, -0.1) is 0 Å². The Morgan fingerprint density at radius 3 is 1.20 bits per heavy atom. The lowest BCUT2D eigenvalue weighted by Gasteiger charge is -2.25. The van der Waals surface area contributed by atoms with Gasteiger partial charge in [-0.3, -0.25) is 9.97 Å². The van der Waals surface area contributed by atoms with Crippen molar-refractivity contribution in [1.29, 1.82) is 0 Å². The average Bonchev–Trinajstić information content (AvgIpc) is 3.12. The van der Waals surface area contributed by atoms with E-state index in [9.17, 15) is 0 Å². The summed E-state index contributed by atoms with van der Waals surface area (Å²) in [7, 11) is -2.00. The van der Waals surface area contributed by atoms with Crippen LogP contribution in [0.25, 0.3) is 32.9 Å². The summed E-state index contributed by atoms with van der Waals surface area (Å²) in [6.07, 6.45) is 4.51. The van der Waals surface area contributed by atoms with Crippen LogP contribution in [0, 0.1) is 27.7 Å². The number of allylic oxidation sites excluding steroid dienone is 2. The van der Waals surface area contributed by atoms with Crippen LogP contribution in [0.1, 0.15) is 34.2 Å². The number of aryl methyl sites for hydroxylation is 4. The summed E-state index contributed by atoms with van der Waals surface area (Å²) < 4.78 is 0. The molecule has 174 valence electrons. The van der Waals surface area contributed by atoms with E-state index in [1.54, 1.807) is 0 Å². The van der Waals surface area contributed by atoms with Crippen molar-refractivity contribution in [3.05, 3.63) is 107 Å². The molecule has 0 radical (unpaired) electrons. The van der Waals surface area contributed by atoms with Gasteiger partial charge >= 0.3 is 0 Å². The van der Waals surface area contributed by atoms with Gasteiger partial charge in [-0.05, 0) is 86.6 Å². The van der Waals surface area contributed by atoms with Gasteiger partial charge < -0.3 is 0 Å². The van der Waals surface area contributed by atoms with Crippen LogP contribution >= 0.6 is 0 Å². The van der Waals surface area contributed by atoms with Gasteiger partial charge in [0.15, 0.2) is 0 Å². The molecule has 0 unspecified atom stereocenters. The van der Waals surface area contributed by atoms with Gasteiger partial charge in [-0.1, -0.05) is 37.4 Å². The van der Waals surface area contributed by atoms with Gasteiger partial charge in [0.25, 0.3) is 0 Å². The lowest BCUT2D eigenvalue weighted by Crippen LogP contribution is -2.29. The van der Waals surface area contributed by atoms with E-state index in [0.717, 1.165) is 56.7 Å². The molecule has 0 N–H and O–H groups in total. The fourth-order valence-electron chi connectivity index (χ4n) is 5.00. The molecule has 5 heterocycles. The number of hydrogen-bond donors (Lipinski definition) is 0.